The molecule has 0 amide bonds. The first-order chi connectivity index (χ1) is 8.54. The summed E-state index contributed by atoms with van der Waals surface area (Å²) < 4.78 is 0. The fraction of sp³-hybridized carbons (Fsp3) is 0.600. The van der Waals surface area contributed by atoms with Crippen molar-refractivity contribution in [1.82, 2.24) is 5.32 Å². The molecule has 0 aliphatic rings. The van der Waals surface area contributed by atoms with Crippen molar-refractivity contribution in [3.05, 3.63) is 34.9 Å². The molecule has 0 aromatic heterocycles. The van der Waals surface area contributed by atoms with Crippen LogP contribution in [0, 0.1) is 5.41 Å². The van der Waals surface area contributed by atoms with E-state index in [0.717, 1.165) is 24.4 Å². The topological polar surface area (TPSA) is 32.3 Å². The van der Waals surface area contributed by atoms with Gasteiger partial charge in [-0.25, -0.2) is 0 Å². The van der Waals surface area contributed by atoms with E-state index in [2.05, 4.69) is 38.2 Å². The van der Waals surface area contributed by atoms with E-state index in [1.54, 1.807) is 0 Å². The summed E-state index contributed by atoms with van der Waals surface area (Å²) in [5.41, 5.74) is 1.21. The van der Waals surface area contributed by atoms with Gasteiger partial charge in [0.15, 0.2) is 0 Å². The highest BCUT2D eigenvalue weighted by molar-refractivity contribution is 6.30. The Kier molecular flexibility index (Phi) is 6.13. The number of nitrogens with one attached hydrogen (secondary N) is 1. The number of aliphatic hydroxyl groups is 1. The minimum Gasteiger partial charge on any atom is -0.396 e. The van der Waals surface area contributed by atoms with Crippen LogP contribution in [0.1, 0.15) is 45.2 Å². The summed E-state index contributed by atoms with van der Waals surface area (Å²) >= 11 is 5.90. The van der Waals surface area contributed by atoms with E-state index in [0.29, 0.717) is 6.04 Å². The van der Waals surface area contributed by atoms with Gasteiger partial charge >= 0.3 is 0 Å². The Hall–Kier alpha value is -0.570. The number of rotatable bonds is 7. The maximum atomic E-state index is 9.42. The Balaban J connectivity index is 2.65. The molecule has 0 heterocycles. The normalized spacial score (nSPS) is 16.3. The van der Waals surface area contributed by atoms with Crippen LogP contribution in [0.4, 0.5) is 0 Å². The lowest BCUT2D eigenvalue weighted by Gasteiger charge is -2.29. The van der Waals surface area contributed by atoms with E-state index in [9.17, 15) is 5.11 Å². The highest BCUT2D eigenvalue weighted by Crippen LogP contribution is 2.23. The van der Waals surface area contributed by atoms with Gasteiger partial charge in [0.25, 0.3) is 0 Å². The highest BCUT2D eigenvalue weighted by atomic mass is 35.5. The Morgan fingerprint density at radius 3 is 2.33 bits per heavy atom. The van der Waals surface area contributed by atoms with E-state index in [4.69, 9.17) is 11.6 Å². The van der Waals surface area contributed by atoms with Gasteiger partial charge in [-0.2, -0.15) is 0 Å². The predicted octanol–water partition coefficient (Wildman–Crippen LogP) is 3.79. The molecule has 2 atom stereocenters. The standard InChI is InChI=1S/C15H24ClNO/c1-4-14(12-6-8-13(16)9-7-12)17-10-15(3,5-2)11-18/h6-9,14,17-18H,4-5,10-11H2,1-3H3. The molecule has 0 radical (unpaired) electrons. The molecule has 102 valence electrons. The first-order valence-electron chi connectivity index (χ1n) is 6.64. The maximum Gasteiger partial charge on any atom is 0.0496 e. The summed E-state index contributed by atoms with van der Waals surface area (Å²) in [5, 5.41) is 13.7. The van der Waals surface area contributed by atoms with Gasteiger partial charge in [0.1, 0.15) is 0 Å². The Morgan fingerprint density at radius 2 is 1.89 bits per heavy atom. The molecule has 0 spiro atoms. The van der Waals surface area contributed by atoms with Crippen molar-refractivity contribution in [1.29, 1.82) is 0 Å². The molecule has 2 nitrogen and oxygen atoms in total. The third-order valence-electron chi connectivity index (χ3n) is 3.69. The van der Waals surface area contributed by atoms with Gasteiger partial charge < -0.3 is 10.4 Å². The maximum absolute atomic E-state index is 9.42. The van der Waals surface area contributed by atoms with E-state index >= 15 is 0 Å². The molecule has 1 aromatic carbocycles. The van der Waals surface area contributed by atoms with Crippen molar-refractivity contribution in [2.45, 2.75) is 39.7 Å². The molecule has 0 saturated heterocycles. The third kappa shape index (κ3) is 4.27. The van der Waals surface area contributed by atoms with Gasteiger partial charge in [0.2, 0.25) is 0 Å². The molecule has 1 rings (SSSR count). The van der Waals surface area contributed by atoms with Gasteiger partial charge in [0.05, 0.1) is 0 Å². The number of aliphatic hydroxyl groups excluding tert-OH is 1. The van der Waals surface area contributed by atoms with Crippen LogP contribution < -0.4 is 5.32 Å². The van der Waals surface area contributed by atoms with Crippen LogP contribution in [0.3, 0.4) is 0 Å². The molecule has 3 heteroatoms. The molecule has 0 saturated carbocycles. The molecular formula is C15H24ClNO. The average molecular weight is 270 g/mol. The first kappa shape index (κ1) is 15.5. The molecular weight excluding hydrogens is 246 g/mol. The quantitative estimate of drug-likeness (QED) is 0.789. The second kappa shape index (κ2) is 7.13. The van der Waals surface area contributed by atoms with Crippen molar-refractivity contribution in [2.75, 3.05) is 13.2 Å². The minimum absolute atomic E-state index is 0.0418. The first-order valence-corrected chi connectivity index (χ1v) is 7.02. The number of hydrogen-bond acceptors (Lipinski definition) is 2. The SMILES string of the molecule is CCC(NCC(C)(CC)CO)c1ccc(Cl)cc1. The van der Waals surface area contributed by atoms with Crippen LogP contribution in [0.2, 0.25) is 5.02 Å². The summed E-state index contributed by atoms with van der Waals surface area (Å²) in [6.45, 7) is 7.42. The summed E-state index contributed by atoms with van der Waals surface area (Å²) in [7, 11) is 0. The van der Waals surface area contributed by atoms with Gasteiger partial charge in [-0.1, -0.05) is 44.5 Å². The monoisotopic (exact) mass is 269 g/mol. The van der Waals surface area contributed by atoms with Gasteiger partial charge in [-0.05, 0) is 30.5 Å². The van der Waals surface area contributed by atoms with Crippen LogP contribution in [0.5, 0.6) is 0 Å². The fourth-order valence-electron chi connectivity index (χ4n) is 1.86. The lowest BCUT2D eigenvalue weighted by molar-refractivity contribution is 0.131. The zero-order valence-corrected chi connectivity index (χ0v) is 12.3. The summed E-state index contributed by atoms with van der Waals surface area (Å²) in [6.07, 6.45) is 1.99. The molecule has 18 heavy (non-hydrogen) atoms. The Bertz CT molecular complexity index is 346. The molecule has 0 fully saturated rings. The molecule has 0 aliphatic carbocycles. The van der Waals surface area contributed by atoms with Crippen molar-refractivity contribution in [2.24, 2.45) is 5.41 Å². The highest BCUT2D eigenvalue weighted by Gasteiger charge is 2.22. The van der Waals surface area contributed by atoms with E-state index in [1.807, 2.05) is 12.1 Å². The van der Waals surface area contributed by atoms with Crippen molar-refractivity contribution < 1.29 is 5.11 Å². The van der Waals surface area contributed by atoms with Crippen LogP contribution in [0.25, 0.3) is 0 Å². The molecule has 2 N–H and O–H groups in total. The molecule has 1 aromatic rings. The molecule has 2 unspecified atom stereocenters. The van der Waals surface area contributed by atoms with E-state index in [1.165, 1.54) is 5.56 Å². The number of benzene rings is 1. The average Bonchev–Trinajstić information content (AvgIpc) is 2.41. The third-order valence-corrected chi connectivity index (χ3v) is 3.94. The van der Waals surface area contributed by atoms with Crippen LogP contribution in [0.15, 0.2) is 24.3 Å². The van der Waals surface area contributed by atoms with Gasteiger partial charge in [0, 0.05) is 29.6 Å². The van der Waals surface area contributed by atoms with E-state index in [-0.39, 0.29) is 12.0 Å². The van der Waals surface area contributed by atoms with E-state index < -0.39 is 0 Å². The second-order valence-corrected chi connectivity index (χ2v) is 5.65. The van der Waals surface area contributed by atoms with Crippen LogP contribution in [-0.2, 0) is 0 Å². The fourth-order valence-corrected chi connectivity index (χ4v) is 1.98. The summed E-state index contributed by atoms with van der Waals surface area (Å²) in [4.78, 5) is 0. The van der Waals surface area contributed by atoms with Crippen LogP contribution >= 0.6 is 11.6 Å². The van der Waals surface area contributed by atoms with Gasteiger partial charge in [-0.3, -0.25) is 0 Å². The van der Waals surface area contributed by atoms with Crippen molar-refractivity contribution in [3.8, 4) is 0 Å². The Labute approximate surface area is 115 Å². The molecule has 0 aliphatic heterocycles. The van der Waals surface area contributed by atoms with Crippen molar-refractivity contribution in [3.63, 3.8) is 0 Å². The lowest BCUT2D eigenvalue weighted by atomic mass is 9.88. The number of hydrogen-bond donors (Lipinski definition) is 2. The smallest absolute Gasteiger partial charge is 0.0496 e. The lowest BCUT2D eigenvalue weighted by Crippen LogP contribution is -2.36. The van der Waals surface area contributed by atoms with Crippen LogP contribution in [-0.4, -0.2) is 18.3 Å². The minimum atomic E-state index is -0.0418. The second-order valence-electron chi connectivity index (χ2n) is 5.22. The zero-order chi connectivity index (χ0) is 13.6. The molecule has 0 bridgehead atoms. The van der Waals surface area contributed by atoms with Gasteiger partial charge in [-0.15, -0.1) is 0 Å². The number of halogens is 1. The van der Waals surface area contributed by atoms with Crippen molar-refractivity contribution >= 4 is 11.6 Å². The Morgan fingerprint density at radius 1 is 1.28 bits per heavy atom. The zero-order valence-electron chi connectivity index (χ0n) is 11.5. The largest absolute Gasteiger partial charge is 0.396 e. The predicted molar refractivity (Wildman–Crippen MR) is 78.0 cm³/mol. The summed E-state index contributed by atoms with van der Waals surface area (Å²) in [5.74, 6) is 0. The summed E-state index contributed by atoms with van der Waals surface area (Å²) in [6, 6.07) is 8.29.